The van der Waals surface area contributed by atoms with Crippen molar-refractivity contribution in [2.75, 3.05) is 0 Å². The van der Waals surface area contributed by atoms with E-state index < -0.39 is 0 Å². The van der Waals surface area contributed by atoms with Crippen molar-refractivity contribution in [3.8, 4) is 0 Å². The molecule has 0 N–H and O–H groups in total. The number of hydrogen-bond donors (Lipinski definition) is 0. The van der Waals surface area contributed by atoms with Gasteiger partial charge >= 0.3 is 24.3 Å². The molecule has 1 aliphatic rings. The summed E-state index contributed by atoms with van der Waals surface area (Å²) in [5, 5.41) is 4.12. The van der Waals surface area contributed by atoms with Gasteiger partial charge in [0.1, 0.15) is 0 Å². The van der Waals surface area contributed by atoms with Crippen LogP contribution in [0.1, 0.15) is 27.2 Å². The van der Waals surface area contributed by atoms with Gasteiger partial charge in [0.2, 0.25) is 0 Å². The van der Waals surface area contributed by atoms with Gasteiger partial charge in [-0.25, -0.2) is 0 Å². The molecule has 2 heteroatoms. The summed E-state index contributed by atoms with van der Waals surface area (Å²) < 4.78 is 0. The molecule has 0 spiro atoms. The molecule has 0 aromatic heterocycles. The third-order valence-electron chi connectivity index (χ3n) is 1.16. The summed E-state index contributed by atoms with van der Waals surface area (Å²) in [7, 11) is 0. The quantitative estimate of drug-likeness (QED) is 0.595. The van der Waals surface area contributed by atoms with Crippen LogP contribution in [-0.4, -0.2) is 10.9 Å². The first-order chi connectivity index (χ1) is 6.20. The minimum absolute atomic E-state index is 0.389. The third-order valence-corrected chi connectivity index (χ3v) is 1.16. The molecule has 0 saturated carbocycles. The molecule has 1 rings (SSSR count). The van der Waals surface area contributed by atoms with Gasteiger partial charge < -0.3 is 12.2 Å². The molecule has 76 valence electrons. The summed E-state index contributed by atoms with van der Waals surface area (Å²) in [6.07, 6.45) is 7.01. The van der Waals surface area contributed by atoms with Crippen molar-refractivity contribution in [3.63, 3.8) is 0 Å². The van der Waals surface area contributed by atoms with Gasteiger partial charge in [-0.3, -0.25) is 0 Å². The van der Waals surface area contributed by atoms with Crippen LogP contribution < -0.4 is 0 Å². The van der Waals surface area contributed by atoms with E-state index in [9.17, 15) is 0 Å². The zero-order valence-corrected chi connectivity index (χ0v) is 11.7. The molecule has 1 atom stereocenters. The summed E-state index contributed by atoms with van der Waals surface area (Å²) in [6.45, 7) is 9.66. The van der Waals surface area contributed by atoms with E-state index in [0.717, 1.165) is 6.42 Å². The Morgan fingerprint density at radius 3 is 2.31 bits per heavy atom. The van der Waals surface area contributed by atoms with E-state index >= 15 is 0 Å². The van der Waals surface area contributed by atoms with Gasteiger partial charge in [0.15, 0.2) is 0 Å². The summed E-state index contributed by atoms with van der Waals surface area (Å²) in [5.74, 6) is 0. The maximum absolute atomic E-state index is 4.12. The van der Waals surface area contributed by atoms with Crippen LogP contribution in [0, 0.1) is 6.92 Å². The summed E-state index contributed by atoms with van der Waals surface area (Å²) >= 11 is 1.33. The second kappa shape index (κ2) is 11.8. The fourth-order valence-electron chi connectivity index (χ4n) is 0.775. The van der Waals surface area contributed by atoms with Gasteiger partial charge in [0, 0.05) is 0 Å². The van der Waals surface area contributed by atoms with Gasteiger partial charge in [0.05, 0.1) is 0 Å². The van der Waals surface area contributed by atoms with E-state index in [0.29, 0.717) is 6.04 Å². The van der Waals surface area contributed by atoms with E-state index in [1.807, 2.05) is 19.2 Å². The van der Waals surface area contributed by atoms with E-state index in [1.54, 1.807) is 0 Å². The summed E-state index contributed by atoms with van der Waals surface area (Å²) in [4.78, 5) is 3.33. The molecule has 1 unspecified atom stereocenters. The Bertz CT molecular complexity index is 161. The minimum atomic E-state index is 0.389. The van der Waals surface area contributed by atoms with Gasteiger partial charge in [-0.05, 0) is 6.92 Å². The van der Waals surface area contributed by atoms with Crippen molar-refractivity contribution < 1.29 is 19.4 Å². The Labute approximate surface area is 93.7 Å². The predicted molar refractivity (Wildman–Crippen MR) is 58.5 cm³/mol. The van der Waals surface area contributed by atoms with Crippen molar-refractivity contribution in [3.05, 3.63) is 36.2 Å². The molecule has 0 bridgehead atoms. The van der Waals surface area contributed by atoms with Crippen molar-refractivity contribution in [1.82, 2.24) is 0 Å². The number of rotatable bonds is 0. The van der Waals surface area contributed by atoms with Crippen LogP contribution in [0.25, 0.3) is 5.32 Å². The van der Waals surface area contributed by atoms with Crippen LogP contribution in [0.3, 0.4) is 0 Å². The van der Waals surface area contributed by atoms with E-state index in [1.165, 1.54) is 24.9 Å². The first kappa shape index (κ1) is 15.3. The molecule has 0 fully saturated rings. The molecular formula is C11H19NW-2. The summed E-state index contributed by atoms with van der Waals surface area (Å²) in [5.41, 5.74) is 1.31. The number of hydrogen-bond acceptors (Lipinski definition) is 0. The van der Waals surface area contributed by atoms with Crippen molar-refractivity contribution in [1.29, 1.82) is 0 Å². The Morgan fingerprint density at radius 2 is 2.08 bits per heavy atom. The van der Waals surface area contributed by atoms with Gasteiger partial charge in [-0.15, -0.1) is 6.04 Å². The maximum atomic E-state index is 4.12. The van der Waals surface area contributed by atoms with Crippen LogP contribution >= 0.6 is 0 Å². The first-order valence-electron chi connectivity index (χ1n) is 4.33. The molecule has 0 aromatic rings. The third kappa shape index (κ3) is 11.8. The number of nitrogens with zero attached hydrogens (tertiary/aromatic N) is 1. The molecule has 0 radical (unpaired) electrons. The van der Waals surface area contributed by atoms with Crippen molar-refractivity contribution >= 4 is 4.90 Å². The van der Waals surface area contributed by atoms with Gasteiger partial charge in [0.25, 0.3) is 0 Å². The zero-order valence-electron chi connectivity index (χ0n) is 8.79. The second-order valence-electron chi connectivity index (χ2n) is 2.62. The molecule has 1 aliphatic heterocycles. The number of allylic oxidation sites excluding steroid dienone is 2. The van der Waals surface area contributed by atoms with Crippen molar-refractivity contribution in [2.45, 2.75) is 33.2 Å². The topological polar surface area (TPSA) is 14.1 Å². The monoisotopic (exact) mass is 349 g/mol. The first-order valence-corrected chi connectivity index (χ1v) is 6.41. The van der Waals surface area contributed by atoms with Gasteiger partial charge in [-0.2, -0.15) is 12.6 Å². The fraction of sp³-hybridized carbons (Fsp3) is 0.455. The van der Waals surface area contributed by atoms with E-state index in [4.69, 9.17) is 0 Å². The van der Waals surface area contributed by atoms with Crippen LogP contribution in [0.4, 0.5) is 0 Å². The Morgan fingerprint density at radius 1 is 1.62 bits per heavy atom. The normalized spacial score (nSPS) is 18.2. The van der Waals surface area contributed by atoms with Crippen molar-refractivity contribution in [2.24, 2.45) is 0 Å². The Balaban J connectivity index is 0. The van der Waals surface area contributed by atoms with E-state index in [-0.39, 0.29) is 0 Å². The molecule has 1 heterocycles. The molecule has 0 amide bonds. The van der Waals surface area contributed by atoms with Crippen LogP contribution in [0.2, 0.25) is 0 Å². The SMILES string of the molecule is CC1=CC(C)[N-]C=C1.[CH2-]CC.[CH2]=[W]. The fourth-order valence-corrected chi connectivity index (χ4v) is 0.775. The molecule has 0 saturated heterocycles. The summed E-state index contributed by atoms with van der Waals surface area (Å²) in [6, 6.07) is 0.389. The zero-order chi connectivity index (χ0) is 10.7. The second-order valence-corrected chi connectivity index (χ2v) is 2.62. The molecule has 0 aliphatic carbocycles. The molecule has 13 heavy (non-hydrogen) atoms. The molecule has 0 aromatic carbocycles. The average molecular weight is 349 g/mol. The molecule has 1 nitrogen and oxygen atoms in total. The standard InChI is InChI=1S/C7H10N.C3H7.CH2.W/c1-6-3-4-8-7(2)5-6;1-3-2;;/h3-5,7H,1-2H3;1,3H2,2H3;1H2;/q2*-1;;. The van der Waals surface area contributed by atoms with Crippen LogP contribution in [-0.2, 0) is 19.4 Å². The van der Waals surface area contributed by atoms with Crippen LogP contribution in [0.5, 0.6) is 0 Å². The van der Waals surface area contributed by atoms with E-state index in [2.05, 4.69) is 37.1 Å². The molecular weight excluding hydrogens is 330 g/mol. The van der Waals surface area contributed by atoms with Crippen LogP contribution in [0.15, 0.2) is 23.9 Å². The predicted octanol–water partition coefficient (Wildman–Crippen LogP) is 3.42. The van der Waals surface area contributed by atoms with Gasteiger partial charge in [-0.1, -0.05) is 31.6 Å². The Hall–Kier alpha value is -0.162. The average Bonchev–Trinajstić information content (AvgIpc) is 2.08. The Kier molecular flexibility index (Phi) is 13.9.